The number of fused-ring (bicyclic) bond motifs is 4. The molecule has 0 aliphatic carbocycles. The molecule has 2 aromatic heterocycles. The number of benzene rings is 12. The maximum absolute atomic E-state index is 14.4. The zero-order chi connectivity index (χ0) is 96.3. The summed E-state index contributed by atoms with van der Waals surface area (Å²) in [5.74, 6) is -1.53. The number of hydrogen-bond acceptors (Lipinski definition) is 48. The predicted molar refractivity (Wildman–Crippen MR) is 440 cm³/mol. The van der Waals surface area contributed by atoms with Gasteiger partial charge >= 0.3 is 417 Å². The topological polar surface area (TPSA) is 796 Å². The van der Waals surface area contributed by atoms with Crippen LogP contribution in [0.2, 0.25) is 0 Å². The molecule has 0 saturated heterocycles. The molecule has 0 aliphatic heterocycles. The van der Waals surface area contributed by atoms with Gasteiger partial charge < -0.3 is 66.8 Å². The van der Waals surface area contributed by atoms with Gasteiger partial charge in [-0.05, 0) is 183 Å². The Kier molecular flexibility index (Phi) is 52.2. The van der Waals surface area contributed by atoms with Gasteiger partial charge in [0, 0.05) is 54.5 Å². The first-order chi connectivity index (χ1) is 61.3. The van der Waals surface area contributed by atoms with E-state index >= 15 is 0 Å². The van der Waals surface area contributed by atoms with Gasteiger partial charge in [-0.2, -0.15) is 59.1 Å². The maximum Gasteiger partial charge on any atom is 1.00 e. The van der Waals surface area contributed by atoms with Gasteiger partial charge in [-0.25, -0.2) is 84.2 Å². The Balaban J connectivity index is 0.000000682. The Hall–Kier alpha value is -0.558. The summed E-state index contributed by atoms with van der Waals surface area (Å²) in [6.07, 6.45) is -2.53. The van der Waals surface area contributed by atoms with Crippen molar-refractivity contribution in [2.24, 2.45) is 40.9 Å². The van der Waals surface area contributed by atoms with E-state index in [-0.39, 0.29) is 496 Å². The van der Waals surface area contributed by atoms with E-state index < -0.39 is 207 Å². The van der Waals surface area contributed by atoms with Crippen LogP contribution in [0.1, 0.15) is 11.1 Å². The fraction of sp³-hybridized carbons (Fsp3) is 0.0278. The fourth-order valence-electron chi connectivity index (χ4n) is 12.3. The number of anilines is 8. The van der Waals surface area contributed by atoms with Gasteiger partial charge in [0.1, 0.15) is 101 Å². The molecular formula is C72H42F2K5N18Na5O30S10. The summed E-state index contributed by atoms with van der Waals surface area (Å²) in [5, 5.41) is 39.6. The van der Waals surface area contributed by atoms with Crippen molar-refractivity contribution < 1.29 is 543 Å². The summed E-state index contributed by atoms with van der Waals surface area (Å²) < 4.78 is 388. The average Bonchev–Trinajstić information content (AvgIpc) is 0.761. The summed E-state index contributed by atoms with van der Waals surface area (Å²) in [7, 11) is -53.5. The molecule has 2 heterocycles. The Bertz CT molecular complexity index is 8250. The summed E-state index contributed by atoms with van der Waals surface area (Å²) in [4.78, 5) is 11.4. The number of aromatic nitrogens is 6. The number of azo groups is 4. The second-order valence-corrected chi connectivity index (χ2v) is 40.5. The Morgan fingerprint density at radius 1 is 0.232 bits per heavy atom. The number of hydrogen-bond donors (Lipinski definition) is 4. The molecule has 0 unspecified atom stereocenters. The second-order valence-electron chi connectivity index (χ2n) is 26.9. The third-order valence-electron chi connectivity index (χ3n) is 18.0. The quantitative estimate of drug-likeness (QED) is 0.0222. The van der Waals surface area contributed by atoms with Gasteiger partial charge in [-0.1, -0.05) is 36.4 Å². The van der Waals surface area contributed by atoms with Crippen molar-refractivity contribution in [3.05, 3.63) is 217 Å². The Morgan fingerprint density at radius 2 is 0.479 bits per heavy atom. The number of nitrogens with one attached hydrogen (secondary N) is 4. The van der Waals surface area contributed by atoms with Gasteiger partial charge in [0.25, 0.3) is 0 Å². The maximum atomic E-state index is 14.4. The van der Waals surface area contributed by atoms with Crippen LogP contribution in [0, 0.1) is 26.0 Å². The molecule has 0 radical (unpaired) electrons. The van der Waals surface area contributed by atoms with Crippen molar-refractivity contribution in [2.75, 3.05) is 21.3 Å². The largest absolute Gasteiger partial charge is 1.00 e. The second kappa shape index (κ2) is 54.7. The molecule has 70 heteroatoms. The molecule has 4 N–H and O–H groups in total. The minimum atomic E-state index is -5.65. The first kappa shape index (κ1) is 136. The summed E-state index contributed by atoms with van der Waals surface area (Å²) in [6, 6.07) is 33.9. The van der Waals surface area contributed by atoms with Gasteiger partial charge in [-0.3, -0.25) is 0 Å². The standard InChI is InChI=1S/2C36H26FN9O15S5.5K.5Na/c2*1-18-12-19(38-35-40-34(37)41-36(42-35)39-30-4-2-3-5-31(30)64(53,54)55)6-9-27(18)44-46-28-10-11-29(24-15-21(62(47,48)49)7-8-23(24)28)45-43-20-13-25-26(32(14-20)65(56,57)58)16-22(63(50,51)52)17-33(25)66(59,60)61;;;;;;;;;;/h2*2-17H,1H3,(H,47,48,49)(H,50,51,52)(H,53,54,55)(H,56,57,58)(H,59,60,61)(H2,38,39,40,41,42);;;;;;;;;;/q;;10*+1/p-10. The molecule has 0 amide bonds. The molecule has 0 fully saturated rings. The van der Waals surface area contributed by atoms with E-state index in [2.05, 4.69) is 92.1 Å². The van der Waals surface area contributed by atoms with E-state index in [9.17, 15) is 138 Å². The van der Waals surface area contributed by atoms with Crippen molar-refractivity contribution in [1.29, 1.82) is 0 Å². The van der Waals surface area contributed by atoms with E-state index in [1.165, 1.54) is 109 Å². The van der Waals surface area contributed by atoms with Gasteiger partial charge in [-0.15, -0.1) is 20.5 Å². The monoisotopic (exact) mass is 2310 g/mol. The van der Waals surface area contributed by atoms with Crippen LogP contribution in [0.3, 0.4) is 0 Å². The summed E-state index contributed by atoms with van der Waals surface area (Å²) in [5.41, 5.74) is 0.107. The van der Waals surface area contributed by atoms with Crippen LogP contribution in [-0.4, -0.2) is 160 Å². The number of para-hydroxylation sites is 2. The van der Waals surface area contributed by atoms with Crippen LogP contribution in [0.25, 0.3) is 43.1 Å². The number of aryl methyl sites for hydroxylation is 2. The molecule has 0 spiro atoms. The van der Waals surface area contributed by atoms with Crippen molar-refractivity contribution in [1.82, 2.24) is 29.9 Å². The molecule has 12 aromatic carbocycles. The third kappa shape index (κ3) is 35.2. The van der Waals surface area contributed by atoms with Crippen LogP contribution < -0.4 is 426 Å². The molecule has 684 valence electrons. The molecule has 48 nitrogen and oxygen atoms in total. The fourth-order valence-corrected chi connectivity index (χ4v) is 18.6. The van der Waals surface area contributed by atoms with Crippen molar-refractivity contribution in [3.63, 3.8) is 0 Å². The van der Waals surface area contributed by atoms with Gasteiger partial charge in [0.05, 0.1) is 106 Å². The first-order valence-corrected chi connectivity index (χ1v) is 49.3. The molecule has 142 heavy (non-hydrogen) atoms. The Labute approximate surface area is 1130 Å². The van der Waals surface area contributed by atoms with E-state index in [1.807, 2.05) is 0 Å². The first-order valence-electron chi connectivity index (χ1n) is 35.2. The van der Waals surface area contributed by atoms with Gasteiger partial charge in [0.2, 0.25) is 23.8 Å². The van der Waals surface area contributed by atoms with Crippen LogP contribution >= 0.6 is 0 Å². The molecule has 0 atom stereocenters. The van der Waals surface area contributed by atoms with Crippen molar-refractivity contribution in [2.45, 2.75) is 62.8 Å². The SMILES string of the molecule is Cc1cc(Nc2nc(F)nc(Nc3ccccc3S(=O)(=O)[O-])n2)ccc1N=Nc1ccc(N=Nc2cc(S(=O)(=O)[O-])c3cc(S(=O)(=O)[O-])cc(S(=O)(=O)[O-])c3c2)c2cc(S(=O)(=O)[O-])ccc12.Cc1cc(Nc2nc(F)nc(Nc3ccccc3S(=O)(=O)[O-])n2)ccc1N=Nc1ccc(N=Nc2cc(S(=O)(=O)[O-])c3cc(S(=O)(=O)[O-])cc(S(=O)(=O)[O-])c3c2)c2cc(S(=O)(=O)[O-])ccc12.[K+].[K+].[K+].[K+].[K+].[Na+].[Na+].[Na+].[Na+].[Na+]. The molecule has 14 rings (SSSR count). The van der Waals surface area contributed by atoms with E-state index in [0.717, 1.165) is 48.5 Å². The minimum absolute atomic E-state index is 0. The van der Waals surface area contributed by atoms with Gasteiger partial charge in [0.15, 0.2) is 0 Å². The van der Waals surface area contributed by atoms with E-state index in [0.29, 0.717) is 46.8 Å². The van der Waals surface area contributed by atoms with Crippen LogP contribution in [-0.2, 0) is 101 Å². The van der Waals surface area contributed by atoms with Crippen LogP contribution in [0.15, 0.2) is 284 Å². The average molecular weight is 2310 g/mol. The molecule has 0 aliphatic rings. The van der Waals surface area contributed by atoms with Crippen molar-refractivity contribution >= 4 is 236 Å². The zero-order valence-corrected chi connectivity index (χ0v) is 109. The third-order valence-corrected chi connectivity index (χ3v) is 26.6. The summed E-state index contributed by atoms with van der Waals surface area (Å²) >= 11 is 0. The molecular weight excluding hydrogens is 2270 g/mol. The summed E-state index contributed by atoms with van der Waals surface area (Å²) in [6.45, 7) is 3.23. The smallest absolute Gasteiger partial charge is 0.744 e. The van der Waals surface area contributed by atoms with Crippen LogP contribution in [0.5, 0.6) is 0 Å². The number of halogens is 2. The van der Waals surface area contributed by atoms with E-state index in [1.54, 1.807) is 13.8 Å². The normalized spacial score (nSPS) is 12.0. The Morgan fingerprint density at radius 3 is 0.768 bits per heavy atom. The molecule has 0 bridgehead atoms. The zero-order valence-electron chi connectivity index (χ0n) is 74.8. The van der Waals surface area contributed by atoms with E-state index in [4.69, 9.17) is 0 Å². The van der Waals surface area contributed by atoms with Crippen molar-refractivity contribution in [3.8, 4) is 0 Å². The predicted octanol–water partition coefficient (Wildman–Crippen LogP) is -19.0. The number of nitrogens with zero attached hydrogens (tertiary/aromatic N) is 14. The number of rotatable bonds is 26. The molecule has 14 aromatic rings. The molecule has 0 saturated carbocycles. The minimum Gasteiger partial charge on any atom is -0.744 e. The van der Waals surface area contributed by atoms with Crippen LogP contribution in [0.4, 0.5) is 101 Å².